The minimum Gasteiger partial charge on any atom is -0.507 e. The molecule has 0 aliphatic rings. The average Bonchev–Trinajstić information content (AvgIpc) is 2.29. The molecule has 0 aliphatic carbocycles. The number of methoxy groups -OCH3 is 1. The summed E-state index contributed by atoms with van der Waals surface area (Å²) < 4.78 is 18.4. The number of rotatable bonds is 3. The fraction of sp³-hybridized carbons (Fsp3) is 0.417. The number of hydrogen-bond acceptors (Lipinski definition) is 3. The molecule has 1 rings (SSSR count). The molecule has 16 heavy (non-hydrogen) atoms. The van der Waals surface area contributed by atoms with Crippen LogP contribution in [0, 0.1) is 5.82 Å². The highest BCUT2D eigenvalue weighted by molar-refractivity contribution is 5.94. The second-order valence-corrected chi connectivity index (χ2v) is 3.42. The van der Waals surface area contributed by atoms with Gasteiger partial charge in [-0.25, -0.2) is 9.18 Å². The van der Waals surface area contributed by atoms with Crippen molar-refractivity contribution in [2.24, 2.45) is 0 Å². The molecule has 0 fully saturated rings. The van der Waals surface area contributed by atoms with E-state index in [1.165, 1.54) is 13.2 Å². The van der Waals surface area contributed by atoms with Gasteiger partial charge in [0.1, 0.15) is 17.1 Å². The molecule has 1 aromatic rings. The number of aromatic hydroxyl groups is 1. The summed E-state index contributed by atoms with van der Waals surface area (Å²) in [5, 5.41) is 9.69. The number of carbonyl (C=O) groups is 1. The fourth-order valence-corrected chi connectivity index (χ4v) is 1.68. The Morgan fingerprint density at radius 2 is 2.06 bits per heavy atom. The number of ether oxygens (including phenoxy) is 1. The first-order valence-corrected chi connectivity index (χ1v) is 5.18. The summed E-state index contributed by atoms with van der Waals surface area (Å²) in [5.74, 6) is -1.36. The van der Waals surface area contributed by atoms with Crippen molar-refractivity contribution in [3.8, 4) is 5.75 Å². The first-order chi connectivity index (χ1) is 7.56. The Balaban J connectivity index is 3.49. The van der Waals surface area contributed by atoms with E-state index in [2.05, 4.69) is 4.74 Å². The van der Waals surface area contributed by atoms with Crippen LogP contribution in [-0.4, -0.2) is 18.2 Å². The molecule has 3 nitrogen and oxygen atoms in total. The number of aryl methyl sites for hydroxylation is 1. The summed E-state index contributed by atoms with van der Waals surface area (Å²) in [7, 11) is 1.20. The molecule has 0 heterocycles. The van der Waals surface area contributed by atoms with Crippen LogP contribution >= 0.6 is 0 Å². The topological polar surface area (TPSA) is 46.5 Å². The van der Waals surface area contributed by atoms with E-state index in [4.69, 9.17) is 0 Å². The number of benzene rings is 1. The molecule has 1 N–H and O–H groups in total. The van der Waals surface area contributed by atoms with Crippen LogP contribution in [0.3, 0.4) is 0 Å². The molecule has 0 radical (unpaired) electrons. The molecule has 0 aromatic heterocycles. The maximum Gasteiger partial charge on any atom is 0.342 e. The Morgan fingerprint density at radius 3 is 2.50 bits per heavy atom. The number of halogens is 1. The molecule has 0 saturated carbocycles. The molecule has 0 atom stereocenters. The Morgan fingerprint density at radius 1 is 1.44 bits per heavy atom. The first-order valence-electron chi connectivity index (χ1n) is 5.18. The van der Waals surface area contributed by atoms with E-state index in [-0.39, 0.29) is 16.9 Å². The lowest BCUT2D eigenvalue weighted by molar-refractivity contribution is 0.0595. The molecule has 4 heteroatoms. The molecule has 0 amide bonds. The lowest BCUT2D eigenvalue weighted by Crippen LogP contribution is -2.09. The third-order valence-electron chi connectivity index (χ3n) is 2.54. The molecule has 0 bridgehead atoms. The van der Waals surface area contributed by atoms with E-state index in [9.17, 15) is 14.3 Å². The average molecular weight is 226 g/mol. The summed E-state index contributed by atoms with van der Waals surface area (Å²) in [6.07, 6.45) is 0.797. The monoisotopic (exact) mass is 226 g/mol. The van der Waals surface area contributed by atoms with E-state index in [0.717, 1.165) is 0 Å². The molecular weight excluding hydrogens is 211 g/mol. The SMILES string of the molecule is CCc1cc(O)c(C(=O)OC)c(CC)c1F. The van der Waals surface area contributed by atoms with E-state index < -0.39 is 11.8 Å². The minimum atomic E-state index is -0.712. The van der Waals surface area contributed by atoms with Gasteiger partial charge in [-0.1, -0.05) is 13.8 Å². The van der Waals surface area contributed by atoms with E-state index >= 15 is 0 Å². The second-order valence-electron chi connectivity index (χ2n) is 3.42. The first kappa shape index (κ1) is 12.5. The largest absolute Gasteiger partial charge is 0.507 e. The highest BCUT2D eigenvalue weighted by atomic mass is 19.1. The standard InChI is InChI=1S/C12H15FO3/c1-4-7-6-9(14)10(12(15)16-3)8(5-2)11(7)13/h6,14H,4-5H2,1-3H3. The van der Waals surface area contributed by atoms with Gasteiger partial charge in [0.05, 0.1) is 7.11 Å². The van der Waals surface area contributed by atoms with Crippen molar-refractivity contribution in [3.63, 3.8) is 0 Å². The van der Waals surface area contributed by atoms with Crippen molar-refractivity contribution in [2.45, 2.75) is 26.7 Å². The van der Waals surface area contributed by atoms with Crippen molar-refractivity contribution in [1.29, 1.82) is 0 Å². The Labute approximate surface area is 93.9 Å². The lowest BCUT2D eigenvalue weighted by atomic mass is 9.98. The van der Waals surface area contributed by atoms with Gasteiger partial charge >= 0.3 is 5.97 Å². The van der Waals surface area contributed by atoms with Crippen LogP contribution in [0.2, 0.25) is 0 Å². The van der Waals surface area contributed by atoms with Crippen molar-refractivity contribution in [3.05, 3.63) is 28.6 Å². The summed E-state index contributed by atoms with van der Waals surface area (Å²) in [5.41, 5.74) is 0.547. The summed E-state index contributed by atoms with van der Waals surface area (Å²) in [6.45, 7) is 3.51. The van der Waals surface area contributed by atoms with Gasteiger partial charge in [0, 0.05) is 5.56 Å². The normalized spacial score (nSPS) is 10.2. The van der Waals surface area contributed by atoms with E-state index in [0.29, 0.717) is 18.4 Å². The smallest absolute Gasteiger partial charge is 0.342 e. The van der Waals surface area contributed by atoms with Crippen LogP contribution in [0.25, 0.3) is 0 Å². The molecule has 1 aromatic carbocycles. The zero-order chi connectivity index (χ0) is 12.3. The van der Waals surface area contributed by atoms with Gasteiger partial charge in [0.15, 0.2) is 0 Å². The number of hydrogen-bond donors (Lipinski definition) is 1. The highest BCUT2D eigenvalue weighted by Gasteiger charge is 2.21. The van der Waals surface area contributed by atoms with Gasteiger partial charge in [0.2, 0.25) is 0 Å². The number of carbonyl (C=O) groups excluding carboxylic acids is 1. The van der Waals surface area contributed by atoms with Gasteiger partial charge in [0.25, 0.3) is 0 Å². The fourth-order valence-electron chi connectivity index (χ4n) is 1.68. The maximum atomic E-state index is 13.9. The zero-order valence-corrected chi connectivity index (χ0v) is 9.63. The number of phenolic OH excluding ortho intramolecular Hbond substituents is 1. The summed E-state index contributed by atoms with van der Waals surface area (Å²) >= 11 is 0. The van der Waals surface area contributed by atoms with E-state index in [1.54, 1.807) is 13.8 Å². The van der Waals surface area contributed by atoms with Crippen LogP contribution < -0.4 is 0 Å². The molecule has 0 aliphatic heterocycles. The number of esters is 1. The van der Waals surface area contributed by atoms with E-state index in [1.807, 2.05) is 0 Å². The second kappa shape index (κ2) is 4.96. The Bertz CT molecular complexity index is 413. The van der Waals surface area contributed by atoms with Gasteiger partial charge in [-0.05, 0) is 24.5 Å². The zero-order valence-electron chi connectivity index (χ0n) is 9.63. The quantitative estimate of drug-likeness (QED) is 0.805. The maximum absolute atomic E-state index is 13.9. The Kier molecular flexibility index (Phi) is 3.88. The molecule has 0 saturated heterocycles. The summed E-state index contributed by atoms with van der Waals surface area (Å²) in [4.78, 5) is 11.4. The van der Waals surface area contributed by atoms with Crippen LogP contribution in [0.4, 0.5) is 4.39 Å². The van der Waals surface area contributed by atoms with Crippen molar-refractivity contribution >= 4 is 5.97 Å². The summed E-state index contributed by atoms with van der Waals surface area (Å²) in [6, 6.07) is 1.28. The van der Waals surface area contributed by atoms with Crippen LogP contribution in [0.15, 0.2) is 6.07 Å². The molecule has 88 valence electrons. The highest BCUT2D eigenvalue weighted by Crippen LogP contribution is 2.28. The van der Waals surface area contributed by atoms with Crippen molar-refractivity contribution in [2.75, 3.05) is 7.11 Å². The van der Waals surface area contributed by atoms with Crippen molar-refractivity contribution < 1.29 is 19.0 Å². The van der Waals surface area contributed by atoms with Gasteiger partial charge in [-0.3, -0.25) is 0 Å². The predicted octanol–water partition coefficient (Wildman–Crippen LogP) is 2.44. The lowest BCUT2D eigenvalue weighted by Gasteiger charge is -2.12. The molecule has 0 unspecified atom stereocenters. The van der Waals surface area contributed by atoms with Crippen LogP contribution in [0.1, 0.15) is 35.3 Å². The molecule has 0 spiro atoms. The van der Waals surface area contributed by atoms with Crippen LogP contribution in [0.5, 0.6) is 5.75 Å². The Hall–Kier alpha value is -1.58. The van der Waals surface area contributed by atoms with Crippen LogP contribution in [-0.2, 0) is 17.6 Å². The van der Waals surface area contributed by atoms with Gasteiger partial charge in [-0.15, -0.1) is 0 Å². The van der Waals surface area contributed by atoms with Gasteiger partial charge in [-0.2, -0.15) is 0 Å². The number of phenols is 1. The molecular formula is C12H15FO3. The minimum absolute atomic E-state index is 0.0697. The third kappa shape index (κ3) is 2.01. The third-order valence-corrected chi connectivity index (χ3v) is 2.54. The predicted molar refractivity (Wildman–Crippen MR) is 58.2 cm³/mol. The van der Waals surface area contributed by atoms with Crippen molar-refractivity contribution in [1.82, 2.24) is 0 Å². The van der Waals surface area contributed by atoms with Gasteiger partial charge < -0.3 is 9.84 Å².